The third-order valence-electron chi connectivity index (χ3n) is 4.79. The molecule has 1 aliphatic heterocycles. The number of nitrogens with zero attached hydrogens (tertiary/aromatic N) is 4. The minimum Gasteiger partial charge on any atom is -0.273 e. The molecule has 0 spiro atoms. The standard InChI is InChI=1S/C23H15FN4O2/c24-16-10-8-15(9-11-16)20(13-25)27-14-19-17-5-1-2-6-18(17)22(29)28(23(19)30)21-7-3-4-12-26-21/h1-12,14,19-20H/t19-,20-/m1/s1. The monoisotopic (exact) mass is 398 g/mol. The highest BCUT2D eigenvalue weighted by Crippen LogP contribution is 2.31. The Morgan fingerprint density at radius 1 is 1.07 bits per heavy atom. The summed E-state index contributed by atoms with van der Waals surface area (Å²) in [5, 5.41) is 9.49. The lowest BCUT2D eigenvalue weighted by Crippen LogP contribution is -2.46. The van der Waals surface area contributed by atoms with Crippen LogP contribution in [0, 0.1) is 17.1 Å². The smallest absolute Gasteiger partial charge is 0.266 e. The number of imide groups is 1. The van der Waals surface area contributed by atoms with E-state index in [9.17, 15) is 19.2 Å². The third kappa shape index (κ3) is 3.47. The SMILES string of the molecule is N#C[C@@H](N=C[C@H]1C(=O)N(c2ccccn2)C(=O)c2ccccc21)c1ccc(F)cc1. The highest BCUT2D eigenvalue weighted by atomic mass is 19.1. The molecule has 2 atom stereocenters. The van der Waals surface area contributed by atoms with Gasteiger partial charge in [-0.2, -0.15) is 5.26 Å². The van der Waals surface area contributed by atoms with E-state index < -0.39 is 29.6 Å². The van der Waals surface area contributed by atoms with Gasteiger partial charge in [-0.05, 0) is 41.5 Å². The van der Waals surface area contributed by atoms with E-state index in [4.69, 9.17) is 0 Å². The van der Waals surface area contributed by atoms with Crippen LogP contribution in [0.3, 0.4) is 0 Å². The predicted molar refractivity (Wildman–Crippen MR) is 108 cm³/mol. The van der Waals surface area contributed by atoms with Crippen molar-refractivity contribution < 1.29 is 14.0 Å². The molecule has 0 radical (unpaired) electrons. The summed E-state index contributed by atoms with van der Waals surface area (Å²) in [6, 6.07) is 18.3. The number of rotatable bonds is 4. The Morgan fingerprint density at radius 3 is 2.50 bits per heavy atom. The highest BCUT2D eigenvalue weighted by molar-refractivity contribution is 6.28. The number of hydrogen-bond donors (Lipinski definition) is 0. The first-order valence-corrected chi connectivity index (χ1v) is 9.17. The molecule has 30 heavy (non-hydrogen) atoms. The van der Waals surface area contributed by atoms with Gasteiger partial charge in [0.25, 0.3) is 5.91 Å². The molecule has 0 aliphatic carbocycles. The van der Waals surface area contributed by atoms with Gasteiger partial charge in [-0.15, -0.1) is 0 Å². The van der Waals surface area contributed by atoms with Crippen LogP contribution in [0.5, 0.6) is 0 Å². The van der Waals surface area contributed by atoms with Gasteiger partial charge in [-0.25, -0.2) is 14.3 Å². The number of anilines is 1. The number of aliphatic imine (C=N–C) groups is 1. The molecule has 4 rings (SSSR count). The molecule has 1 aromatic heterocycles. The van der Waals surface area contributed by atoms with Crippen molar-refractivity contribution in [3.63, 3.8) is 0 Å². The van der Waals surface area contributed by atoms with E-state index in [2.05, 4.69) is 9.98 Å². The zero-order valence-electron chi connectivity index (χ0n) is 15.6. The van der Waals surface area contributed by atoms with E-state index in [0.717, 1.165) is 4.90 Å². The summed E-state index contributed by atoms with van der Waals surface area (Å²) < 4.78 is 13.2. The van der Waals surface area contributed by atoms with Crippen LogP contribution >= 0.6 is 0 Å². The van der Waals surface area contributed by atoms with E-state index in [0.29, 0.717) is 16.7 Å². The Kier molecular flexibility index (Phi) is 5.14. The first-order valence-electron chi connectivity index (χ1n) is 9.17. The van der Waals surface area contributed by atoms with Gasteiger partial charge in [0, 0.05) is 18.0 Å². The number of amides is 2. The average Bonchev–Trinajstić information content (AvgIpc) is 2.78. The van der Waals surface area contributed by atoms with Crippen LogP contribution in [0.4, 0.5) is 10.2 Å². The molecular formula is C23H15FN4O2. The van der Waals surface area contributed by atoms with Crippen LogP contribution in [0.1, 0.15) is 33.4 Å². The number of pyridine rings is 1. The van der Waals surface area contributed by atoms with Crippen molar-refractivity contribution in [1.82, 2.24) is 4.98 Å². The van der Waals surface area contributed by atoms with Gasteiger partial charge in [0.1, 0.15) is 11.6 Å². The molecule has 2 heterocycles. The zero-order chi connectivity index (χ0) is 21.1. The molecule has 7 heteroatoms. The highest BCUT2D eigenvalue weighted by Gasteiger charge is 2.39. The Balaban J connectivity index is 1.74. The van der Waals surface area contributed by atoms with Gasteiger partial charge in [-0.1, -0.05) is 36.4 Å². The predicted octanol–water partition coefficient (Wildman–Crippen LogP) is 3.83. The van der Waals surface area contributed by atoms with Gasteiger partial charge in [0.2, 0.25) is 5.91 Å². The summed E-state index contributed by atoms with van der Waals surface area (Å²) in [5.74, 6) is -2.03. The van der Waals surface area contributed by atoms with Crippen LogP contribution in [-0.2, 0) is 4.79 Å². The van der Waals surface area contributed by atoms with Gasteiger partial charge in [-0.3, -0.25) is 14.6 Å². The van der Waals surface area contributed by atoms with Crippen LogP contribution < -0.4 is 4.90 Å². The number of hydrogen-bond acceptors (Lipinski definition) is 5. The van der Waals surface area contributed by atoms with Crippen molar-refractivity contribution in [2.45, 2.75) is 12.0 Å². The van der Waals surface area contributed by atoms with E-state index in [1.54, 1.807) is 42.5 Å². The zero-order valence-corrected chi connectivity index (χ0v) is 15.6. The van der Waals surface area contributed by atoms with Crippen molar-refractivity contribution >= 4 is 23.8 Å². The summed E-state index contributed by atoms with van der Waals surface area (Å²) in [4.78, 5) is 35.6. The second kappa shape index (κ2) is 8.05. The third-order valence-corrected chi connectivity index (χ3v) is 4.79. The van der Waals surface area contributed by atoms with Crippen LogP contribution in [-0.4, -0.2) is 23.0 Å². The molecule has 6 nitrogen and oxygen atoms in total. The van der Waals surface area contributed by atoms with Crippen molar-refractivity contribution in [1.29, 1.82) is 5.26 Å². The number of aromatic nitrogens is 1. The summed E-state index contributed by atoms with van der Waals surface area (Å²) in [6.07, 6.45) is 2.88. The Hall–Kier alpha value is -4.18. The minimum absolute atomic E-state index is 0.218. The molecule has 1 aliphatic rings. The quantitative estimate of drug-likeness (QED) is 0.494. The van der Waals surface area contributed by atoms with E-state index in [-0.39, 0.29) is 5.82 Å². The number of fused-ring (bicyclic) bond motifs is 1. The largest absolute Gasteiger partial charge is 0.273 e. The van der Waals surface area contributed by atoms with Crippen molar-refractivity contribution in [3.05, 3.63) is 95.4 Å². The van der Waals surface area contributed by atoms with Crippen molar-refractivity contribution in [2.24, 2.45) is 4.99 Å². The molecular weight excluding hydrogens is 383 g/mol. The average molecular weight is 398 g/mol. The molecule has 146 valence electrons. The van der Waals surface area contributed by atoms with Gasteiger partial charge < -0.3 is 0 Å². The first kappa shape index (κ1) is 19.2. The molecule has 0 bridgehead atoms. The summed E-state index contributed by atoms with van der Waals surface area (Å²) in [6.45, 7) is 0. The fourth-order valence-corrected chi connectivity index (χ4v) is 3.31. The Bertz CT molecular complexity index is 1170. The van der Waals surface area contributed by atoms with Gasteiger partial charge >= 0.3 is 0 Å². The second-order valence-corrected chi connectivity index (χ2v) is 6.61. The molecule has 2 amide bonds. The maximum atomic E-state index is 13.2. The lowest BCUT2D eigenvalue weighted by atomic mass is 9.89. The van der Waals surface area contributed by atoms with Crippen molar-refractivity contribution in [3.8, 4) is 6.07 Å². The Labute approximate surface area is 171 Å². The first-order chi connectivity index (χ1) is 14.6. The van der Waals surface area contributed by atoms with Crippen LogP contribution in [0.15, 0.2) is 77.9 Å². The maximum Gasteiger partial charge on any atom is 0.266 e. The lowest BCUT2D eigenvalue weighted by molar-refractivity contribution is -0.118. The molecule has 0 unspecified atom stereocenters. The van der Waals surface area contributed by atoms with E-state index >= 15 is 0 Å². The van der Waals surface area contributed by atoms with E-state index in [1.165, 1.54) is 36.7 Å². The Morgan fingerprint density at radius 2 is 1.80 bits per heavy atom. The molecule has 0 saturated heterocycles. The summed E-state index contributed by atoms with van der Waals surface area (Å²) in [7, 11) is 0. The van der Waals surface area contributed by atoms with Gasteiger partial charge in [0.15, 0.2) is 6.04 Å². The number of nitriles is 1. The molecule has 0 fully saturated rings. The maximum absolute atomic E-state index is 13.2. The van der Waals surface area contributed by atoms with Crippen molar-refractivity contribution in [2.75, 3.05) is 4.90 Å². The van der Waals surface area contributed by atoms with Crippen LogP contribution in [0.2, 0.25) is 0 Å². The minimum atomic E-state index is -0.911. The van der Waals surface area contributed by atoms with Gasteiger partial charge in [0.05, 0.1) is 12.0 Å². The molecule has 0 N–H and O–H groups in total. The number of benzene rings is 2. The molecule has 3 aromatic rings. The summed E-state index contributed by atoms with van der Waals surface area (Å²) in [5.41, 5.74) is 1.39. The number of carbonyl (C=O) groups is 2. The normalized spacial score (nSPS) is 16.9. The second-order valence-electron chi connectivity index (χ2n) is 6.61. The van der Waals surface area contributed by atoms with E-state index in [1.807, 2.05) is 6.07 Å². The topological polar surface area (TPSA) is 86.4 Å². The number of carbonyl (C=O) groups excluding carboxylic acids is 2. The fourth-order valence-electron chi connectivity index (χ4n) is 3.31. The molecule has 2 aromatic carbocycles. The molecule has 0 saturated carbocycles. The lowest BCUT2D eigenvalue weighted by Gasteiger charge is -2.30. The number of halogens is 1. The fraction of sp³-hybridized carbons (Fsp3) is 0.0870. The van der Waals surface area contributed by atoms with Crippen LogP contribution in [0.25, 0.3) is 0 Å². The summed E-state index contributed by atoms with van der Waals surface area (Å²) >= 11 is 0.